The van der Waals surface area contributed by atoms with Crippen molar-refractivity contribution in [2.45, 2.75) is 6.29 Å². The number of non-ortho nitro benzene ring substituents is 1. The second-order valence-electron chi connectivity index (χ2n) is 2.79. The van der Waals surface area contributed by atoms with Crippen LogP contribution in [0.2, 0.25) is 0 Å². The normalized spacial score (nSPS) is 18.9. The van der Waals surface area contributed by atoms with Crippen molar-refractivity contribution in [3.63, 3.8) is 0 Å². The summed E-state index contributed by atoms with van der Waals surface area (Å²) in [5, 5.41) is 19.6. The zero-order valence-electron chi connectivity index (χ0n) is 6.84. The topological polar surface area (TPSA) is 89.7 Å². The molecule has 1 aliphatic rings. The molecule has 1 unspecified atom stereocenters. The minimum atomic E-state index is -1.39. The molecule has 0 amide bonds. The van der Waals surface area contributed by atoms with Gasteiger partial charge in [-0.3, -0.25) is 10.1 Å². The highest BCUT2D eigenvalue weighted by molar-refractivity contribution is 5.94. The van der Waals surface area contributed by atoms with Crippen molar-refractivity contribution in [2.75, 3.05) is 0 Å². The number of esters is 1. The zero-order valence-corrected chi connectivity index (χ0v) is 6.84. The Bertz CT molecular complexity index is 428. The molecule has 2 rings (SSSR count). The summed E-state index contributed by atoms with van der Waals surface area (Å²) in [5.74, 6) is -0.664. The smallest absolute Gasteiger partial charge is 0.341 e. The number of aliphatic hydroxyl groups is 1. The van der Waals surface area contributed by atoms with Gasteiger partial charge in [-0.2, -0.15) is 0 Å². The highest BCUT2D eigenvalue weighted by atomic mass is 16.6. The van der Waals surface area contributed by atoms with Crippen molar-refractivity contribution in [3.8, 4) is 0 Å². The molecule has 1 atom stereocenters. The predicted octanol–water partition coefficient (Wildman–Crippen LogP) is 0.756. The third-order valence-electron chi connectivity index (χ3n) is 1.95. The first-order chi connectivity index (χ1) is 6.59. The van der Waals surface area contributed by atoms with Gasteiger partial charge in [-0.05, 0) is 6.07 Å². The Hall–Kier alpha value is -1.95. The van der Waals surface area contributed by atoms with Crippen molar-refractivity contribution >= 4 is 11.7 Å². The second-order valence-corrected chi connectivity index (χ2v) is 2.79. The molecule has 0 bridgehead atoms. The standard InChI is InChI=1S/C8H5NO5/c10-7-5-2-1-4(9(12)13)3-6(5)8(11)14-7/h1-3,8,11H. The zero-order chi connectivity index (χ0) is 10.3. The number of cyclic esters (lactones) is 1. The molecular weight excluding hydrogens is 190 g/mol. The minimum absolute atomic E-state index is 0.143. The molecule has 0 saturated carbocycles. The number of fused-ring (bicyclic) bond motifs is 1. The van der Waals surface area contributed by atoms with Crippen LogP contribution in [0.5, 0.6) is 0 Å². The quantitative estimate of drug-likeness (QED) is 0.405. The molecule has 0 aliphatic carbocycles. The third-order valence-corrected chi connectivity index (χ3v) is 1.95. The molecule has 6 heteroatoms. The van der Waals surface area contributed by atoms with Gasteiger partial charge in [-0.15, -0.1) is 0 Å². The van der Waals surface area contributed by atoms with Gasteiger partial charge in [0.05, 0.1) is 10.5 Å². The fourth-order valence-electron chi connectivity index (χ4n) is 1.28. The number of nitro groups is 1. The molecule has 0 radical (unpaired) electrons. The van der Waals surface area contributed by atoms with Gasteiger partial charge in [0.15, 0.2) is 0 Å². The molecule has 1 N–H and O–H groups in total. The molecule has 1 heterocycles. The molecule has 1 aromatic carbocycles. The molecule has 0 saturated heterocycles. The first-order valence-corrected chi connectivity index (χ1v) is 3.77. The number of nitrogens with zero attached hydrogens (tertiary/aromatic N) is 1. The Morgan fingerprint density at radius 3 is 2.86 bits per heavy atom. The van der Waals surface area contributed by atoms with Crippen molar-refractivity contribution in [2.24, 2.45) is 0 Å². The van der Waals surface area contributed by atoms with Gasteiger partial charge in [0, 0.05) is 17.7 Å². The summed E-state index contributed by atoms with van der Waals surface area (Å²) in [7, 11) is 0. The molecule has 14 heavy (non-hydrogen) atoms. The average Bonchev–Trinajstić information content (AvgIpc) is 2.42. The van der Waals surface area contributed by atoms with E-state index in [2.05, 4.69) is 4.74 Å². The van der Waals surface area contributed by atoms with Gasteiger partial charge in [0.1, 0.15) is 0 Å². The van der Waals surface area contributed by atoms with Crippen molar-refractivity contribution in [3.05, 3.63) is 39.4 Å². The van der Waals surface area contributed by atoms with E-state index in [1.54, 1.807) is 0 Å². The van der Waals surface area contributed by atoms with E-state index < -0.39 is 17.2 Å². The van der Waals surface area contributed by atoms with E-state index in [-0.39, 0.29) is 16.8 Å². The number of hydrogen-bond donors (Lipinski definition) is 1. The molecule has 6 nitrogen and oxygen atoms in total. The van der Waals surface area contributed by atoms with Crippen LogP contribution in [0, 0.1) is 10.1 Å². The summed E-state index contributed by atoms with van der Waals surface area (Å²) >= 11 is 0. The summed E-state index contributed by atoms with van der Waals surface area (Å²) in [6, 6.07) is 3.59. The fourth-order valence-corrected chi connectivity index (χ4v) is 1.28. The van der Waals surface area contributed by atoms with Gasteiger partial charge < -0.3 is 9.84 Å². The number of carbonyl (C=O) groups excluding carboxylic acids is 1. The van der Waals surface area contributed by atoms with Crippen molar-refractivity contribution in [1.29, 1.82) is 0 Å². The van der Waals surface area contributed by atoms with E-state index in [4.69, 9.17) is 0 Å². The maximum atomic E-state index is 11.0. The Balaban J connectivity index is 2.55. The van der Waals surface area contributed by atoms with Crippen LogP contribution in [0.15, 0.2) is 18.2 Å². The van der Waals surface area contributed by atoms with Gasteiger partial charge in [-0.25, -0.2) is 4.79 Å². The van der Waals surface area contributed by atoms with E-state index in [1.165, 1.54) is 12.1 Å². The number of nitro benzene ring substituents is 1. The van der Waals surface area contributed by atoms with Gasteiger partial charge in [-0.1, -0.05) is 0 Å². The summed E-state index contributed by atoms with van der Waals surface area (Å²) < 4.78 is 4.46. The fraction of sp³-hybridized carbons (Fsp3) is 0.125. The number of hydrogen-bond acceptors (Lipinski definition) is 5. The SMILES string of the molecule is O=C1OC(O)c2cc([N+](=O)[O-])ccc21. The Morgan fingerprint density at radius 2 is 2.21 bits per heavy atom. The highest BCUT2D eigenvalue weighted by Crippen LogP contribution is 2.31. The largest absolute Gasteiger partial charge is 0.428 e. The van der Waals surface area contributed by atoms with Crippen LogP contribution in [0.1, 0.15) is 22.2 Å². The van der Waals surface area contributed by atoms with E-state index in [1.807, 2.05) is 0 Å². The van der Waals surface area contributed by atoms with Crippen LogP contribution in [0.3, 0.4) is 0 Å². The summed E-state index contributed by atoms with van der Waals surface area (Å²) in [6.07, 6.45) is -1.39. The second kappa shape index (κ2) is 2.78. The summed E-state index contributed by atoms with van der Waals surface area (Å²) in [6.45, 7) is 0. The van der Waals surface area contributed by atoms with E-state index >= 15 is 0 Å². The van der Waals surface area contributed by atoms with Crippen LogP contribution in [0.25, 0.3) is 0 Å². The van der Waals surface area contributed by atoms with Crippen LogP contribution in [-0.2, 0) is 4.74 Å². The highest BCUT2D eigenvalue weighted by Gasteiger charge is 2.30. The lowest BCUT2D eigenvalue weighted by Gasteiger charge is -1.99. The van der Waals surface area contributed by atoms with Crippen LogP contribution in [0.4, 0.5) is 5.69 Å². The van der Waals surface area contributed by atoms with Gasteiger partial charge in [0.2, 0.25) is 6.29 Å². The first-order valence-electron chi connectivity index (χ1n) is 3.77. The molecule has 0 fully saturated rings. The van der Waals surface area contributed by atoms with Crippen molar-refractivity contribution in [1.82, 2.24) is 0 Å². The van der Waals surface area contributed by atoms with Crippen LogP contribution < -0.4 is 0 Å². The first kappa shape index (κ1) is 8.64. The molecule has 1 aromatic rings. The van der Waals surface area contributed by atoms with Gasteiger partial charge in [0.25, 0.3) is 5.69 Å². The molecule has 0 aromatic heterocycles. The van der Waals surface area contributed by atoms with Crippen molar-refractivity contribution < 1.29 is 19.6 Å². The maximum absolute atomic E-state index is 11.0. The lowest BCUT2D eigenvalue weighted by Crippen LogP contribution is -1.95. The maximum Gasteiger partial charge on any atom is 0.341 e. The Morgan fingerprint density at radius 1 is 1.50 bits per heavy atom. The molecule has 72 valence electrons. The number of carbonyl (C=O) groups is 1. The number of ether oxygens (including phenoxy) is 1. The number of rotatable bonds is 1. The summed E-state index contributed by atoms with van der Waals surface area (Å²) in [5.41, 5.74) is 0.133. The van der Waals surface area contributed by atoms with Crippen LogP contribution in [-0.4, -0.2) is 16.0 Å². The van der Waals surface area contributed by atoms with E-state index in [0.29, 0.717) is 0 Å². The lowest BCUT2D eigenvalue weighted by atomic mass is 10.1. The Labute approximate surface area is 77.9 Å². The van der Waals surface area contributed by atoms with E-state index in [9.17, 15) is 20.0 Å². The van der Waals surface area contributed by atoms with E-state index in [0.717, 1.165) is 6.07 Å². The monoisotopic (exact) mass is 195 g/mol. The lowest BCUT2D eigenvalue weighted by molar-refractivity contribution is -0.385. The predicted molar refractivity (Wildman–Crippen MR) is 43.5 cm³/mol. The average molecular weight is 195 g/mol. The molecule has 0 spiro atoms. The summed E-state index contributed by atoms with van der Waals surface area (Å²) in [4.78, 5) is 20.8. The molecule has 1 aliphatic heterocycles. The minimum Gasteiger partial charge on any atom is -0.428 e. The Kier molecular flexibility index (Phi) is 1.71. The third kappa shape index (κ3) is 1.12. The van der Waals surface area contributed by atoms with Gasteiger partial charge >= 0.3 is 5.97 Å². The molecular formula is C8H5NO5. The number of aliphatic hydroxyl groups excluding tert-OH is 1. The van der Waals surface area contributed by atoms with Crippen LogP contribution >= 0.6 is 0 Å². The number of benzene rings is 1.